The Hall–Kier alpha value is -1.98. The Kier molecular flexibility index (Phi) is 4.09. The molecule has 1 aromatic carbocycles. The average molecular weight is 269 g/mol. The maximum Gasteiger partial charge on any atom is 0.207 e. The van der Waals surface area contributed by atoms with Gasteiger partial charge in [0, 0.05) is 31.1 Å². The predicted octanol–water partition coefficient (Wildman–Crippen LogP) is 3.50. The van der Waals surface area contributed by atoms with Gasteiger partial charge in [-0.2, -0.15) is 0 Å². The van der Waals surface area contributed by atoms with E-state index in [4.69, 9.17) is 0 Å². The quantitative estimate of drug-likeness (QED) is 0.665. The maximum absolute atomic E-state index is 13.7. The molecule has 0 saturated heterocycles. The zero-order valence-corrected chi connectivity index (χ0v) is 10.5. The Bertz CT molecular complexity index is 566. The number of aromatic nitrogens is 2. The summed E-state index contributed by atoms with van der Waals surface area (Å²) in [6, 6.07) is 1.35. The normalized spacial score (nSPS) is 10.7. The number of hydrogen-bond acceptors (Lipinski definition) is 2. The SMILES string of the molecule is CCCCNc1nccn1-c1cc(F)c(F)cc1F. The maximum atomic E-state index is 13.7. The molecule has 0 saturated carbocycles. The number of imidazole rings is 1. The third-order valence-corrected chi connectivity index (χ3v) is 2.70. The van der Waals surface area contributed by atoms with E-state index in [-0.39, 0.29) is 5.69 Å². The lowest BCUT2D eigenvalue weighted by Crippen LogP contribution is -2.09. The van der Waals surface area contributed by atoms with E-state index >= 15 is 0 Å². The molecule has 0 amide bonds. The largest absolute Gasteiger partial charge is 0.355 e. The molecular weight excluding hydrogens is 255 g/mol. The van der Waals surface area contributed by atoms with E-state index in [2.05, 4.69) is 10.3 Å². The number of nitrogens with one attached hydrogen (secondary N) is 1. The molecule has 19 heavy (non-hydrogen) atoms. The topological polar surface area (TPSA) is 29.9 Å². The number of hydrogen-bond donors (Lipinski definition) is 1. The summed E-state index contributed by atoms with van der Waals surface area (Å²) >= 11 is 0. The minimum Gasteiger partial charge on any atom is -0.355 e. The van der Waals surface area contributed by atoms with E-state index in [0.717, 1.165) is 18.9 Å². The van der Waals surface area contributed by atoms with Gasteiger partial charge in [-0.1, -0.05) is 13.3 Å². The fourth-order valence-corrected chi connectivity index (χ4v) is 1.70. The molecule has 6 heteroatoms. The Labute approximate surface area is 109 Å². The van der Waals surface area contributed by atoms with Crippen LogP contribution in [0.4, 0.5) is 19.1 Å². The summed E-state index contributed by atoms with van der Waals surface area (Å²) in [7, 11) is 0. The molecule has 0 atom stereocenters. The number of benzene rings is 1. The molecule has 0 bridgehead atoms. The molecule has 0 unspecified atom stereocenters. The summed E-state index contributed by atoms with van der Waals surface area (Å²) in [4.78, 5) is 4.03. The van der Waals surface area contributed by atoms with Crippen molar-refractivity contribution in [2.45, 2.75) is 19.8 Å². The summed E-state index contributed by atoms with van der Waals surface area (Å²) in [6.07, 6.45) is 4.90. The van der Waals surface area contributed by atoms with Gasteiger partial charge in [0.15, 0.2) is 11.6 Å². The molecule has 1 aromatic heterocycles. The highest BCUT2D eigenvalue weighted by Gasteiger charge is 2.13. The van der Waals surface area contributed by atoms with E-state index in [1.54, 1.807) is 0 Å². The molecule has 0 radical (unpaired) electrons. The summed E-state index contributed by atoms with van der Waals surface area (Å²) in [5.74, 6) is -2.74. The van der Waals surface area contributed by atoms with Crippen molar-refractivity contribution in [3.05, 3.63) is 42.0 Å². The van der Waals surface area contributed by atoms with Gasteiger partial charge in [-0.15, -0.1) is 0 Å². The van der Waals surface area contributed by atoms with Crippen LogP contribution in [0.15, 0.2) is 24.5 Å². The average Bonchev–Trinajstić information content (AvgIpc) is 2.82. The molecule has 0 spiro atoms. The van der Waals surface area contributed by atoms with Crippen LogP contribution in [0.3, 0.4) is 0 Å². The molecule has 2 aromatic rings. The van der Waals surface area contributed by atoms with Crippen LogP contribution in [0.25, 0.3) is 5.69 Å². The van der Waals surface area contributed by atoms with Gasteiger partial charge in [-0.25, -0.2) is 18.2 Å². The van der Waals surface area contributed by atoms with Gasteiger partial charge in [0.25, 0.3) is 0 Å². The van der Waals surface area contributed by atoms with E-state index in [0.29, 0.717) is 18.6 Å². The number of anilines is 1. The highest BCUT2D eigenvalue weighted by atomic mass is 19.2. The molecule has 2 rings (SSSR count). The Morgan fingerprint density at radius 1 is 1.16 bits per heavy atom. The first-order chi connectivity index (χ1) is 9.13. The van der Waals surface area contributed by atoms with Crippen molar-refractivity contribution in [3.8, 4) is 5.69 Å². The van der Waals surface area contributed by atoms with Gasteiger partial charge in [-0.3, -0.25) is 4.57 Å². The van der Waals surface area contributed by atoms with Crippen molar-refractivity contribution >= 4 is 5.95 Å². The lowest BCUT2D eigenvalue weighted by atomic mass is 10.3. The summed E-state index contributed by atoms with van der Waals surface area (Å²) in [6.45, 7) is 2.72. The lowest BCUT2D eigenvalue weighted by molar-refractivity contribution is 0.493. The highest BCUT2D eigenvalue weighted by molar-refractivity contribution is 5.43. The Morgan fingerprint density at radius 3 is 2.63 bits per heavy atom. The van der Waals surface area contributed by atoms with E-state index in [9.17, 15) is 13.2 Å². The Balaban J connectivity index is 2.32. The summed E-state index contributed by atoms with van der Waals surface area (Å²) < 4.78 is 41.1. The molecule has 1 heterocycles. The van der Waals surface area contributed by atoms with E-state index in [1.807, 2.05) is 6.92 Å². The van der Waals surface area contributed by atoms with Crippen molar-refractivity contribution in [1.82, 2.24) is 9.55 Å². The first kappa shape index (κ1) is 13.5. The van der Waals surface area contributed by atoms with E-state index in [1.165, 1.54) is 17.0 Å². The van der Waals surface area contributed by atoms with Crippen LogP contribution in [0, 0.1) is 17.5 Å². The van der Waals surface area contributed by atoms with Gasteiger partial charge in [-0.05, 0) is 6.42 Å². The number of unbranched alkanes of at least 4 members (excludes halogenated alkanes) is 1. The molecule has 0 aliphatic heterocycles. The zero-order chi connectivity index (χ0) is 13.8. The van der Waals surface area contributed by atoms with Crippen molar-refractivity contribution in [2.24, 2.45) is 0 Å². The molecule has 0 aliphatic carbocycles. The van der Waals surface area contributed by atoms with Crippen LogP contribution in [0.1, 0.15) is 19.8 Å². The van der Waals surface area contributed by atoms with Crippen molar-refractivity contribution in [3.63, 3.8) is 0 Å². The van der Waals surface area contributed by atoms with Crippen LogP contribution in [0.2, 0.25) is 0 Å². The second-order valence-electron chi connectivity index (χ2n) is 4.12. The van der Waals surface area contributed by atoms with Crippen molar-refractivity contribution < 1.29 is 13.2 Å². The summed E-state index contributed by atoms with van der Waals surface area (Å²) in [5.41, 5.74) is -0.0737. The van der Waals surface area contributed by atoms with Crippen LogP contribution >= 0.6 is 0 Å². The van der Waals surface area contributed by atoms with Gasteiger partial charge in [0.2, 0.25) is 5.95 Å². The molecule has 0 aliphatic rings. The van der Waals surface area contributed by atoms with Crippen LogP contribution < -0.4 is 5.32 Å². The molecule has 1 N–H and O–H groups in total. The third-order valence-electron chi connectivity index (χ3n) is 2.70. The fraction of sp³-hybridized carbons (Fsp3) is 0.308. The molecule has 0 fully saturated rings. The van der Waals surface area contributed by atoms with Crippen LogP contribution in [-0.4, -0.2) is 16.1 Å². The minimum absolute atomic E-state index is 0.0737. The monoisotopic (exact) mass is 269 g/mol. The van der Waals surface area contributed by atoms with Gasteiger partial charge < -0.3 is 5.32 Å². The first-order valence-electron chi connectivity index (χ1n) is 6.05. The minimum atomic E-state index is -1.21. The number of nitrogens with zero attached hydrogens (tertiary/aromatic N) is 2. The Morgan fingerprint density at radius 2 is 1.89 bits per heavy atom. The number of halogens is 3. The summed E-state index contributed by atoms with van der Waals surface area (Å²) in [5, 5.41) is 3.02. The number of rotatable bonds is 5. The molecular formula is C13H14F3N3. The second-order valence-corrected chi connectivity index (χ2v) is 4.12. The van der Waals surface area contributed by atoms with Crippen LogP contribution in [-0.2, 0) is 0 Å². The molecule has 3 nitrogen and oxygen atoms in total. The molecule has 102 valence electrons. The van der Waals surface area contributed by atoms with Crippen molar-refractivity contribution in [1.29, 1.82) is 0 Å². The fourth-order valence-electron chi connectivity index (χ4n) is 1.70. The van der Waals surface area contributed by atoms with Crippen molar-refractivity contribution in [2.75, 3.05) is 11.9 Å². The standard InChI is InChI=1S/C13H14F3N3/c1-2-3-4-17-13-18-5-6-19(13)12-8-10(15)9(14)7-11(12)16/h5-8H,2-4H2,1H3,(H,17,18). The van der Waals surface area contributed by atoms with Crippen LogP contribution in [0.5, 0.6) is 0 Å². The zero-order valence-electron chi connectivity index (χ0n) is 10.5. The van der Waals surface area contributed by atoms with Gasteiger partial charge in [0.05, 0.1) is 5.69 Å². The first-order valence-corrected chi connectivity index (χ1v) is 6.05. The predicted molar refractivity (Wildman–Crippen MR) is 66.8 cm³/mol. The lowest BCUT2D eigenvalue weighted by Gasteiger charge is -2.10. The smallest absolute Gasteiger partial charge is 0.207 e. The third kappa shape index (κ3) is 2.89. The van der Waals surface area contributed by atoms with Gasteiger partial charge >= 0.3 is 0 Å². The van der Waals surface area contributed by atoms with E-state index < -0.39 is 17.5 Å². The van der Waals surface area contributed by atoms with Gasteiger partial charge in [0.1, 0.15) is 5.82 Å². The highest BCUT2D eigenvalue weighted by Crippen LogP contribution is 2.21. The second kappa shape index (κ2) is 5.77.